The molecular formula is C13H15BrFN3S. The molecule has 6 heteroatoms. The van der Waals surface area contributed by atoms with E-state index in [1.807, 2.05) is 13.8 Å². The number of hydrogen-bond acceptors (Lipinski definition) is 4. The van der Waals surface area contributed by atoms with Gasteiger partial charge in [0.1, 0.15) is 5.82 Å². The summed E-state index contributed by atoms with van der Waals surface area (Å²) in [4.78, 5) is 5.69. The molecule has 19 heavy (non-hydrogen) atoms. The molecule has 0 amide bonds. The van der Waals surface area contributed by atoms with Gasteiger partial charge in [-0.15, -0.1) is 11.3 Å². The Labute approximate surface area is 124 Å². The van der Waals surface area contributed by atoms with Crippen LogP contribution in [0.2, 0.25) is 0 Å². The minimum Gasteiger partial charge on any atom is -0.271 e. The molecule has 0 radical (unpaired) electrons. The molecule has 0 aliphatic carbocycles. The summed E-state index contributed by atoms with van der Waals surface area (Å²) < 4.78 is 14.2. The Kier molecular flexibility index (Phi) is 4.67. The number of thiazole rings is 1. The van der Waals surface area contributed by atoms with Gasteiger partial charge in [-0.25, -0.2) is 9.37 Å². The topological polar surface area (TPSA) is 50.9 Å². The van der Waals surface area contributed by atoms with Gasteiger partial charge in [0.05, 0.1) is 16.7 Å². The van der Waals surface area contributed by atoms with Crippen molar-refractivity contribution >= 4 is 27.3 Å². The van der Waals surface area contributed by atoms with Crippen molar-refractivity contribution in [2.45, 2.75) is 26.3 Å². The molecule has 0 fully saturated rings. The number of aryl methyl sites for hydroxylation is 2. The van der Waals surface area contributed by atoms with Crippen LogP contribution in [0.25, 0.3) is 0 Å². The Morgan fingerprint density at radius 2 is 2.21 bits per heavy atom. The van der Waals surface area contributed by atoms with Gasteiger partial charge in [0.15, 0.2) is 0 Å². The summed E-state index contributed by atoms with van der Waals surface area (Å²) in [6.07, 6.45) is 0.637. The van der Waals surface area contributed by atoms with Crippen LogP contribution in [0.4, 0.5) is 4.39 Å². The van der Waals surface area contributed by atoms with Crippen LogP contribution in [-0.4, -0.2) is 4.98 Å². The van der Waals surface area contributed by atoms with Gasteiger partial charge in [-0.2, -0.15) is 0 Å². The minimum absolute atomic E-state index is 0.171. The number of halogens is 2. The average molecular weight is 344 g/mol. The van der Waals surface area contributed by atoms with Crippen molar-refractivity contribution in [2.24, 2.45) is 5.84 Å². The van der Waals surface area contributed by atoms with Gasteiger partial charge < -0.3 is 0 Å². The molecule has 1 aromatic heterocycles. The second-order valence-corrected chi connectivity index (χ2v) is 6.48. The van der Waals surface area contributed by atoms with Crippen LogP contribution >= 0.6 is 27.3 Å². The molecule has 0 aliphatic rings. The predicted octanol–water partition coefficient (Wildman–Crippen LogP) is 3.41. The zero-order chi connectivity index (χ0) is 14.0. The maximum absolute atomic E-state index is 13.3. The van der Waals surface area contributed by atoms with E-state index < -0.39 is 0 Å². The quantitative estimate of drug-likeness (QED) is 0.660. The molecule has 1 atom stereocenters. The van der Waals surface area contributed by atoms with Crippen molar-refractivity contribution in [3.63, 3.8) is 0 Å². The first-order chi connectivity index (χ1) is 9.01. The smallest absolute Gasteiger partial charge is 0.123 e. The second-order valence-electron chi connectivity index (χ2n) is 4.34. The maximum Gasteiger partial charge on any atom is 0.123 e. The van der Waals surface area contributed by atoms with Crippen LogP contribution in [0, 0.1) is 19.7 Å². The van der Waals surface area contributed by atoms with E-state index in [-0.39, 0.29) is 11.9 Å². The highest BCUT2D eigenvalue weighted by atomic mass is 79.9. The monoisotopic (exact) mass is 343 g/mol. The summed E-state index contributed by atoms with van der Waals surface area (Å²) in [6, 6.07) is 4.42. The average Bonchev–Trinajstić information content (AvgIpc) is 2.69. The molecule has 2 aromatic rings. The van der Waals surface area contributed by atoms with Gasteiger partial charge in [-0.05, 0) is 37.6 Å². The van der Waals surface area contributed by atoms with E-state index in [4.69, 9.17) is 5.84 Å². The van der Waals surface area contributed by atoms with Gasteiger partial charge >= 0.3 is 0 Å². The number of nitrogens with two attached hydrogens (primary N) is 1. The van der Waals surface area contributed by atoms with E-state index in [0.717, 1.165) is 20.7 Å². The fraction of sp³-hybridized carbons (Fsp3) is 0.308. The fourth-order valence-corrected chi connectivity index (χ4v) is 3.34. The lowest BCUT2D eigenvalue weighted by molar-refractivity contribution is 0.541. The molecule has 0 saturated heterocycles. The lowest BCUT2D eigenvalue weighted by Gasteiger charge is -2.16. The summed E-state index contributed by atoms with van der Waals surface area (Å²) in [5.41, 5.74) is 4.57. The number of benzene rings is 1. The molecule has 0 bridgehead atoms. The van der Waals surface area contributed by atoms with Crippen LogP contribution in [0.15, 0.2) is 22.7 Å². The van der Waals surface area contributed by atoms with Crippen molar-refractivity contribution in [1.82, 2.24) is 10.4 Å². The number of hydrogen-bond donors (Lipinski definition) is 2. The van der Waals surface area contributed by atoms with E-state index >= 15 is 0 Å². The van der Waals surface area contributed by atoms with Crippen LogP contribution in [0.3, 0.4) is 0 Å². The second kappa shape index (κ2) is 6.09. The first-order valence-electron chi connectivity index (χ1n) is 5.85. The summed E-state index contributed by atoms with van der Waals surface area (Å²) in [5.74, 6) is 5.33. The van der Waals surface area contributed by atoms with E-state index in [0.29, 0.717) is 6.42 Å². The van der Waals surface area contributed by atoms with Gasteiger partial charge in [0.2, 0.25) is 0 Å². The van der Waals surface area contributed by atoms with Crippen molar-refractivity contribution in [1.29, 1.82) is 0 Å². The van der Waals surface area contributed by atoms with Gasteiger partial charge in [-0.3, -0.25) is 11.3 Å². The minimum atomic E-state index is -0.273. The van der Waals surface area contributed by atoms with Gasteiger partial charge in [-0.1, -0.05) is 15.9 Å². The Balaban J connectivity index is 2.27. The molecule has 0 spiro atoms. The lowest BCUT2D eigenvalue weighted by atomic mass is 10.0. The molecule has 3 N–H and O–H groups in total. The summed E-state index contributed by atoms with van der Waals surface area (Å²) in [5, 5.41) is 0.995. The van der Waals surface area contributed by atoms with Crippen LogP contribution in [-0.2, 0) is 6.42 Å². The highest BCUT2D eigenvalue weighted by Gasteiger charge is 2.17. The molecular weight excluding hydrogens is 329 g/mol. The Bertz CT molecular complexity index is 566. The molecule has 0 saturated carbocycles. The number of hydrazine groups is 1. The number of aromatic nitrogens is 1. The third-order valence-corrected chi connectivity index (χ3v) is 4.80. The zero-order valence-corrected chi connectivity index (χ0v) is 13.1. The molecule has 1 aromatic carbocycles. The third kappa shape index (κ3) is 3.39. The van der Waals surface area contributed by atoms with E-state index in [1.165, 1.54) is 17.0 Å². The summed E-state index contributed by atoms with van der Waals surface area (Å²) >= 11 is 5.07. The standard InChI is InChI=1S/C13H15BrFN3S/c1-7-8(2)19-13(17-7)6-12(18-16)10-5-9(15)3-4-11(10)14/h3-5,12,18H,6,16H2,1-2H3. The summed E-state index contributed by atoms with van der Waals surface area (Å²) in [6.45, 7) is 4.03. The van der Waals surface area contributed by atoms with Crippen molar-refractivity contribution < 1.29 is 4.39 Å². The molecule has 2 rings (SSSR count). The highest BCUT2D eigenvalue weighted by Crippen LogP contribution is 2.28. The van der Waals surface area contributed by atoms with Gasteiger partial charge in [0.25, 0.3) is 0 Å². The van der Waals surface area contributed by atoms with Crippen LogP contribution in [0.1, 0.15) is 27.2 Å². The number of nitrogens with zero attached hydrogens (tertiary/aromatic N) is 1. The predicted molar refractivity (Wildman–Crippen MR) is 79.5 cm³/mol. The van der Waals surface area contributed by atoms with Crippen molar-refractivity contribution in [2.75, 3.05) is 0 Å². The number of rotatable bonds is 4. The Hall–Kier alpha value is -0.820. The first kappa shape index (κ1) is 14.6. The van der Waals surface area contributed by atoms with Crippen LogP contribution in [0.5, 0.6) is 0 Å². The Morgan fingerprint density at radius 1 is 1.47 bits per heavy atom. The fourth-order valence-electron chi connectivity index (χ4n) is 1.84. The van der Waals surface area contributed by atoms with Crippen LogP contribution < -0.4 is 11.3 Å². The van der Waals surface area contributed by atoms with Crippen molar-refractivity contribution in [3.8, 4) is 0 Å². The lowest BCUT2D eigenvalue weighted by Crippen LogP contribution is -2.30. The van der Waals surface area contributed by atoms with Crippen molar-refractivity contribution in [3.05, 3.63) is 49.6 Å². The normalized spacial score (nSPS) is 12.7. The van der Waals surface area contributed by atoms with E-state index in [9.17, 15) is 4.39 Å². The Morgan fingerprint density at radius 3 is 2.79 bits per heavy atom. The molecule has 1 heterocycles. The SMILES string of the molecule is Cc1nc(CC(NN)c2cc(F)ccc2Br)sc1C. The molecule has 1 unspecified atom stereocenters. The maximum atomic E-state index is 13.3. The van der Waals surface area contributed by atoms with Gasteiger partial charge in [0, 0.05) is 15.8 Å². The zero-order valence-electron chi connectivity index (χ0n) is 10.7. The summed E-state index contributed by atoms with van der Waals surface area (Å²) in [7, 11) is 0. The first-order valence-corrected chi connectivity index (χ1v) is 7.46. The third-order valence-electron chi connectivity index (χ3n) is 2.99. The van der Waals surface area contributed by atoms with E-state index in [2.05, 4.69) is 26.3 Å². The molecule has 0 aliphatic heterocycles. The molecule has 3 nitrogen and oxygen atoms in total. The largest absolute Gasteiger partial charge is 0.271 e. The number of nitrogens with one attached hydrogen (secondary N) is 1. The molecule has 102 valence electrons. The van der Waals surface area contributed by atoms with E-state index in [1.54, 1.807) is 17.4 Å². The highest BCUT2D eigenvalue weighted by molar-refractivity contribution is 9.10.